The van der Waals surface area contributed by atoms with Crippen molar-refractivity contribution in [2.45, 2.75) is 5.85 Å². The van der Waals surface area contributed by atoms with Gasteiger partial charge in [0.1, 0.15) is 5.75 Å². The molecule has 1 rings (SSSR count). The Morgan fingerprint density at radius 3 is 2.17 bits per heavy atom. The van der Waals surface area contributed by atoms with Crippen molar-refractivity contribution in [1.82, 2.24) is 0 Å². The summed E-state index contributed by atoms with van der Waals surface area (Å²) in [5.41, 5.74) is 0.841. The van der Waals surface area contributed by atoms with Crippen LogP contribution in [0.5, 0.6) is 5.75 Å². The number of ether oxygens (including phenoxy) is 1. The standard InChI is InChI=1S/C12H17O5P/c1-15-11-7-4-10(5-8-11)6-9-12(13)18(14,16-2)17-3/h4-9,12-13H,1-3H3/b9-6+. The lowest BCUT2D eigenvalue weighted by atomic mass is 10.2. The van der Waals surface area contributed by atoms with Crippen LogP contribution in [0.1, 0.15) is 5.56 Å². The van der Waals surface area contributed by atoms with Crippen LogP contribution < -0.4 is 4.74 Å². The summed E-state index contributed by atoms with van der Waals surface area (Å²) < 4.78 is 26.2. The Hall–Kier alpha value is -1.13. The monoisotopic (exact) mass is 272 g/mol. The van der Waals surface area contributed by atoms with Crippen molar-refractivity contribution < 1.29 is 23.5 Å². The van der Waals surface area contributed by atoms with Crippen molar-refractivity contribution in [2.24, 2.45) is 0 Å². The molecule has 1 atom stereocenters. The fourth-order valence-corrected chi connectivity index (χ4v) is 2.19. The highest BCUT2D eigenvalue weighted by Crippen LogP contribution is 2.50. The number of benzene rings is 1. The first-order valence-corrected chi connectivity index (χ1v) is 6.88. The first-order chi connectivity index (χ1) is 8.55. The van der Waals surface area contributed by atoms with Gasteiger partial charge in [-0.15, -0.1) is 0 Å². The van der Waals surface area contributed by atoms with Crippen LogP contribution in [0, 0.1) is 0 Å². The van der Waals surface area contributed by atoms with Crippen LogP contribution in [0.4, 0.5) is 0 Å². The molecule has 0 aliphatic heterocycles. The minimum Gasteiger partial charge on any atom is -0.497 e. The van der Waals surface area contributed by atoms with E-state index in [2.05, 4.69) is 9.05 Å². The molecule has 1 unspecified atom stereocenters. The summed E-state index contributed by atoms with van der Waals surface area (Å²) in [4.78, 5) is 0. The Morgan fingerprint density at radius 2 is 1.72 bits per heavy atom. The van der Waals surface area contributed by atoms with Gasteiger partial charge in [-0.25, -0.2) is 0 Å². The lowest BCUT2D eigenvalue weighted by molar-refractivity contribution is 0.201. The summed E-state index contributed by atoms with van der Waals surface area (Å²) >= 11 is 0. The van der Waals surface area contributed by atoms with E-state index in [1.807, 2.05) is 12.1 Å². The molecular formula is C12H17O5P. The minimum absolute atomic E-state index is 0.743. The van der Waals surface area contributed by atoms with Crippen LogP contribution in [0.15, 0.2) is 30.3 Å². The van der Waals surface area contributed by atoms with Crippen LogP contribution in [0.3, 0.4) is 0 Å². The number of hydrogen-bond donors (Lipinski definition) is 1. The lowest BCUT2D eigenvalue weighted by Gasteiger charge is -2.16. The van der Waals surface area contributed by atoms with Crippen LogP contribution in [0.2, 0.25) is 0 Å². The fourth-order valence-electron chi connectivity index (χ4n) is 1.31. The Morgan fingerprint density at radius 1 is 1.17 bits per heavy atom. The van der Waals surface area contributed by atoms with Crippen molar-refractivity contribution in [3.05, 3.63) is 35.9 Å². The lowest BCUT2D eigenvalue weighted by Crippen LogP contribution is -2.06. The predicted octanol–water partition coefficient (Wildman–Crippen LogP) is 2.51. The molecule has 1 N–H and O–H groups in total. The third-order valence-electron chi connectivity index (χ3n) is 2.41. The second kappa shape index (κ2) is 6.71. The molecule has 0 aromatic heterocycles. The second-order valence-corrected chi connectivity index (χ2v) is 5.79. The van der Waals surface area contributed by atoms with Gasteiger partial charge in [0, 0.05) is 14.2 Å². The molecule has 0 amide bonds. The molecule has 0 saturated carbocycles. The number of aliphatic hydroxyl groups is 1. The van der Waals surface area contributed by atoms with Crippen LogP contribution in [0.25, 0.3) is 6.08 Å². The van der Waals surface area contributed by atoms with Gasteiger partial charge < -0.3 is 18.9 Å². The maximum absolute atomic E-state index is 11.8. The van der Waals surface area contributed by atoms with E-state index < -0.39 is 13.4 Å². The third-order valence-corrected chi connectivity index (χ3v) is 4.25. The van der Waals surface area contributed by atoms with Crippen LogP contribution in [-0.2, 0) is 13.6 Å². The fraction of sp³-hybridized carbons (Fsp3) is 0.333. The molecule has 0 radical (unpaired) electrons. The largest absolute Gasteiger partial charge is 0.497 e. The second-order valence-electron chi connectivity index (χ2n) is 3.45. The third kappa shape index (κ3) is 3.68. The average molecular weight is 272 g/mol. The molecule has 1 aromatic rings. The number of aliphatic hydroxyl groups excluding tert-OH is 1. The molecule has 1 aromatic carbocycles. The average Bonchev–Trinajstić information content (AvgIpc) is 2.44. The Labute approximate surface area is 107 Å². The molecule has 0 spiro atoms. The van der Waals surface area contributed by atoms with E-state index >= 15 is 0 Å². The number of hydrogen-bond acceptors (Lipinski definition) is 5. The highest BCUT2D eigenvalue weighted by atomic mass is 31.2. The molecule has 0 saturated heterocycles. The first-order valence-electron chi connectivity index (χ1n) is 5.27. The van der Waals surface area contributed by atoms with Gasteiger partial charge in [0.05, 0.1) is 7.11 Å². The van der Waals surface area contributed by atoms with E-state index in [-0.39, 0.29) is 0 Å². The summed E-state index contributed by atoms with van der Waals surface area (Å²) in [6.45, 7) is 0. The zero-order valence-corrected chi connectivity index (χ0v) is 11.5. The Balaban J connectivity index is 2.76. The van der Waals surface area contributed by atoms with E-state index in [1.54, 1.807) is 25.3 Å². The van der Waals surface area contributed by atoms with Crippen LogP contribution >= 0.6 is 7.60 Å². The van der Waals surface area contributed by atoms with Gasteiger partial charge in [-0.05, 0) is 23.8 Å². The molecular weight excluding hydrogens is 255 g/mol. The van der Waals surface area contributed by atoms with E-state index in [1.165, 1.54) is 20.3 Å². The minimum atomic E-state index is -3.48. The zero-order chi connectivity index (χ0) is 13.6. The smallest absolute Gasteiger partial charge is 0.362 e. The quantitative estimate of drug-likeness (QED) is 0.806. The van der Waals surface area contributed by atoms with E-state index in [4.69, 9.17) is 4.74 Å². The summed E-state index contributed by atoms with van der Waals surface area (Å²) in [6.07, 6.45) is 3.00. The summed E-state index contributed by atoms with van der Waals surface area (Å²) in [5, 5.41) is 9.71. The molecule has 0 aliphatic carbocycles. The summed E-state index contributed by atoms with van der Waals surface area (Å²) in [7, 11) is 0.567. The Kier molecular flexibility index (Phi) is 5.56. The van der Waals surface area contributed by atoms with Gasteiger partial charge in [0.25, 0.3) is 0 Å². The molecule has 0 bridgehead atoms. The first kappa shape index (κ1) is 14.9. The molecule has 0 aliphatic rings. The van der Waals surface area contributed by atoms with Crippen molar-refractivity contribution in [2.75, 3.05) is 21.3 Å². The highest BCUT2D eigenvalue weighted by Gasteiger charge is 2.29. The number of rotatable bonds is 6. The van der Waals surface area contributed by atoms with Gasteiger partial charge >= 0.3 is 7.60 Å². The molecule has 18 heavy (non-hydrogen) atoms. The van der Waals surface area contributed by atoms with Crippen molar-refractivity contribution in [1.29, 1.82) is 0 Å². The van der Waals surface area contributed by atoms with Gasteiger partial charge in [0.15, 0.2) is 5.85 Å². The number of methoxy groups -OCH3 is 1. The normalized spacial score (nSPS) is 13.8. The molecule has 0 fully saturated rings. The van der Waals surface area contributed by atoms with Gasteiger partial charge in [-0.3, -0.25) is 4.57 Å². The van der Waals surface area contributed by atoms with Crippen LogP contribution in [-0.4, -0.2) is 32.3 Å². The van der Waals surface area contributed by atoms with E-state index in [9.17, 15) is 9.67 Å². The van der Waals surface area contributed by atoms with Gasteiger partial charge in [-0.2, -0.15) is 0 Å². The Bertz CT molecular complexity index is 432. The van der Waals surface area contributed by atoms with E-state index in [0.717, 1.165) is 11.3 Å². The van der Waals surface area contributed by atoms with Crippen molar-refractivity contribution in [3.8, 4) is 5.75 Å². The van der Waals surface area contributed by atoms with Crippen molar-refractivity contribution >= 4 is 13.7 Å². The maximum atomic E-state index is 11.8. The SMILES string of the molecule is COc1ccc(/C=C/C(O)P(=O)(OC)OC)cc1. The van der Waals surface area contributed by atoms with Gasteiger partial charge in [0.2, 0.25) is 0 Å². The molecule has 5 nitrogen and oxygen atoms in total. The van der Waals surface area contributed by atoms with E-state index in [0.29, 0.717) is 0 Å². The highest BCUT2D eigenvalue weighted by molar-refractivity contribution is 7.54. The van der Waals surface area contributed by atoms with Crippen molar-refractivity contribution in [3.63, 3.8) is 0 Å². The molecule has 0 heterocycles. The topological polar surface area (TPSA) is 65.0 Å². The molecule has 100 valence electrons. The zero-order valence-electron chi connectivity index (χ0n) is 10.6. The molecule has 6 heteroatoms. The van der Waals surface area contributed by atoms with Gasteiger partial charge in [-0.1, -0.05) is 18.2 Å². The maximum Gasteiger partial charge on any atom is 0.362 e. The predicted molar refractivity (Wildman–Crippen MR) is 69.7 cm³/mol. The summed E-state index contributed by atoms with van der Waals surface area (Å²) in [6, 6.07) is 7.20. The summed E-state index contributed by atoms with van der Waals surface area (Å²) in [5.74, 6) is -0.554.